The number of hydrogen-bond donors (Lipinski definition) is 1. The number of hydrogen-bond acceptors (Lipinski definition) is 4. The third-order valence-corrected chi connectivity index (χ3v) is 7.33. The number of ether oxygens (including phenoxy) is 1. The van der Waals surface area contributed by atoms with Crippen LogP contribution in [-0.2, 0) is 11.2 Å². The molecular formula is C25H30N2O4. The smallest absolute Gasteiger partial charge is 0.258 e. The van der Waals surface area contributed by atoms with E-state index in [0.717, 1.165) is 56.3 Å². The number of methoxy groups -OCH3 is 1. The summed E-state index contributed by atoms with van der Waals surface area (Å²) in [6, 6.07) is 8.91. The first kappa shape index (κ1) is 20.2. The summed E-state index contributed by atoms with van der Waals surface area (Å²) in [5.41, 5.74) is 1.61. The molecule has 6 nitrogen and oxygen atoms in total. The largest absolute Gasteiger partial charge is 0.496 e. The van der Waals surface area contributed by atoms with Gasteiger partial charge in [-0.15, -0.1) is 0 Å². The number of amides is 2. The van der Waals surface area contributed by atoms with E-state index < -0.39 is 6.04 Å². The molecule has 2 fully saturated rings. The molecule has 2 aliphatic carbocycles. The van der Waals surface area contributed by atoms with Gasteiger partial charge in [0.05, 0.1) is 25.0 Å². The van der Waals surface area contributed by atoms with Crippen LogP contribution in [0, 0.1) is 5.92 Å². The fraction of sp³-hybridized carbons (Fsp3) is 0.520. The highest BCUT2D eigenvalue weighted by molar-refractivity contribution is 6.00. The lowest BCUT2D eigenvalue weighted by Crippen LogP contribution is -2.50. The quantitative estimate of drug-likeness (QED) is 0.799. The Morgan fingerprint density at radius 1 is 1.10 bits per heavy atom. The number of para-hydroxylation sites is 1. The SMILES string of the molecule is COc1ccccc1C(=O)N1C(C(=O)NC2CCCc3occc32)CC2CCCCC21. The van der Waals surface area contributed by atoms with Gasteiger partial charge in [-0.3, -0.25) is 9.59 Å². The van der Waals surface area contributed by atoms with Crippen LogP contribution in [0.4, 0.5) is 0 Å². The number of fused-ring (bicyclic) bond motifs is 2. The maximum atomic E-state index is 13.7. The lowest BCUT2D eigenvalue weighted by Gasteiger charge is -2.34. The molecule has 31 heavy (non-hydrogen) atoms. The van der Waals surface area contributed by atoms with E-state index in [4.69, 9.17) is 9.15 Å². The average molecular weight is 423 g/mol. The average Bonchev–Trinajstić information content (AvgIpc) is 3.44. The Morgan fingerprint density at radius 3 is 2.81 bits per heavy atom. The van der Waals surface area contributed by atoms with Crippen molar-refractivity contribution < 1.29 is 18.7 Å². The first-order valence-electron chi connectivity index (χ1n) is 11.5. The third-order valence-electron chi connectivity index (χ3n) is 7.33. The fourth-order valence-corrected chi connectivity index (χ4v) is 5.85. The standard InChI is InChI=1S/C25H30N2O4/c1-30-22-11-5-3-8-18(22)25(29)27-20-10-4-2-7-16(20)15-21(27)24(28)26-19-9-6-12-23-17(19)13-14-31-23/h3,5,8,11,13-14,16,19-21H,2,4,6-7,9-10,12,15H2,1H3,(H,26,28). The number of furan rings is 1. The maximum Gasteiger partial charge on any atom is 0.258 e. The van der Waals surface area contributed by atoms with Gasteiger partial charge in [-0.2, -0.15) is 0 Å². The molecule has 5 rings (SSSR count). The highest BCUT2D eigenvalue weighted by Gasteiger charge is 2.48. The van der Waals surface area contributed by atoms with Crippen LogP contribution in [0.25, 0.3) is 0 Å². The van der Waals surface area contributed by atoms with Crippen molar-refractivity contribution in [3.05, 3.63) is 53.5 Å². The Balaban J connectivity index is 1.42. The molecule has 164 valence electrons. The Morgan fingerprint density at radius 2 is 1.94 bits per heavy atom. The molecule has 1 saturated heterocycles. The van der Waals surface area contributed by atoms with Gasteiger partial charge in [0.25, 0.3) is 5.91 Å². The number of carbonyl (C=O) groups excluding carboxylic acids is 2. The molecule has 4 atom stereocenters. The molecule has 1 N–H and O–H groups in total. The van der Waals surface area contributed by atoms with E-state index in [-0.39, 0.29) is 23.9 Å². The minimum atomic E-state index is -0.442. The summed E-state index contributed by atoms with van der Waals surface area (Å²) in [6.45, 7) is 0. The van der Waals surface area contributed by atoms with Crippen molar-refractivity contribution in [2.45, 2.75) is 69.5 Å². The number of carbonyl (C=O) groups is 2. The zero-order valence-electron chi connectivity index (χ0n) is 18.0. The number of rotatable bonds is 4. The highest BCUT2D eigenvalue weighted by atomic mass is 16.5. The monoisotopic (exact) mass is 422 g/mol. The van der Waals surface area contributed by atoms with Crippen LogP contribution in [0.15, 0.2) is 41.0 Å². The number of aryl methyl sites for hydroxylation is 1. The molecule has 1 saturated carbocycles. The van der Waals surface area contributed by atoms with E-state index in [9.17, 15) is 9.59 Å². The van der Waals surface area contributed by atoms with Crippen molar-refractivity contribution in [2.75, 3.05) is 7.11 Å². The van der Waals surface area contributed by atoms with Crippen LogP contribution >= 0.6 is 0 Å². The van der Waals surface area contributed by atoms with Gasteiger partial charge in [0.1, 0.15) is 17.6 Å². The van der Waals surface area contributed by atoms with Crippen LogP contribution < -0.4 is 10.1 Å². The first-order valence-corrected chi connectivity index (χ1v) is 11.5. The predicted molar refractivity (Wildman–Crippen MR) is 116 cm³/mol. The van der Waals surface area contributed by atoms with Crippen molar-refractivity contribution >= 4 is 11.8 Å². The number of nitrogens with zero attached hydrogens (tertiary/aromatic N) is 1. The predicted octanol–water partition coefficient (Wildman–Crippen LogP) is 4.26. The maximum absolute atomic E-state index is 13.7. The topological polar surface area (TPSA) is 71.8 Å². The zero-order chi connectivity index (χ0) is 21.4. The molecule has 0 spiro atoms. The van der Waals surface area contributed by atoms with Crippen molar-refractivity contribution in [3.8, 4) is 5.75 Å². The fourth-order valence-electron chi connectivity index (χ4n) is 5.85. The van der Waals surface area contributed by atoms with Gasteiger partial charge in [-0.25, -0.2) is 0 Å². The molecule has 0 bridgehead atoms. The summed E-state index contributed by atoms with van der Waals surface area (Å²) in [5.74, 6) is 1.77. The lowest BCUT2D eigenvalue weighted by molar-refractivity contribution is -0.126. The summed E-state index contributed by atoms with van der Waals surface area (Å²) in [4.78, 5) is 29.1. The summed E-state index contributed by atoms with van der Waals surface area (Å²) in [6.07, 6.45) is 9.58. The van der Waals surface area contributed by atoms with Gasteiger partial charge in [0.15, 0.2) is 0 Å². The molecule has 1 aromatic carbocycles. The van der Waals surface area contributed by atoms with Crippen LogP contribution in [0.3, 0.4) is 0 Å². The van der Waals surface area contributed by atoms with E-state index >= 15 is 0 Å². The van der Waals surface area contributed by atoms with Gasteiger partial charge in [-0.1, -0.05) is 25.0 Å². The summed E-state index contributed by atoms with van der Waals surface area (Å²) < 4.78 is 11.0. The minimum absolute atomic E-state index is 0.0409. The number of likely N-dealkylation sites (tertiary alicyclic amines) is 1. The second-order valence-electron chi connectivity index (χ2n) is 9.03. The zero-order valence-corrected chi connectivity index (χ0v) is 18.0. The van der Waals surface area contributed by atoms with Gasteiger partial charge < -0.3 is 19.4 Å². The molecular weight excluding hydrogens is 392 g/mol. The van der Waals surface area contributed by atoms with Crippen LogP contribution in [0.1, 0.15) is 72.7 Å². The molecule has 2 heterocycles. The molecule has 2 aromatic rings. The number of benzene rings is 1. The van der Waals surface area contributed by atoms with Crippen molar-refractivity contribution in [1.29, 1.82) is 0 Å². The van der Waals surface area contributed by atoms with E-state index in [1.165, 1.54) is 6.42 Å². The molecule has 1 aliphatic heterocycles. The lowest BCUT2D eigenvalue weighted by atomic mass is 9.84. The summed E-state index contributed by atoms with van der Waals surface area (Å²) in [5, 5.41) is 3.25. The number of nitrogens with one attached hydrogen (secondary N) is 1. The molecule has 0 radical (unpaired) electrons. The Kier molecular flexibility index (Phi) is 5.47. The molecule has 2 amide bonds. The molecule has 6 heteroatoms. The second-order valence-corrected chi connectivity index (χ2v) is 9.03. The van der Waals surface area contributed by atoms with E-state index in [2.05, 4.69) is 5.32 Å². The van der Waals surface area contributed by atoms with E-state index in [1.54, 1.807) is 25.5 Å². The van der Waals surface area contributed by atoms with Gasteiger partial charge in [0, 0.05) is 18.0 Å². The van der Waals surface area contributed by atoms with E-state index in [0.29, 0.717) is 17.2 Å². The normalized spacial score (nSPS) is 27.3. The first-order chi connectivity index (χ1) is 15.2. The second kappa shape index (κ2) is 8.40. The minimum Gasteiger partial charge on any atom is -0.496 e. The van der Waals surface area contributed by atoms with Gasteiger partial charge in [0.2, 0.25) is 5.91 Å². The van der Waals surface area contributed by atoms with Crippen molar-refractivity contribution in [2.24, 2.45) is 5.92 Å². The highest BCUT2D eigenvalue weighted by Crippen LogP contribution is 2.41. The van der Waals surface area contributed by atoms with Crippen molar-refractivity contribution in [1.82, 2.24) is 10.2 Å². The summed E-state index contributed by atoms with van der Waals surface area (Å²) >= 11 is 0. The van der Waals surface area contributed by atoms with Gasteiger partial charge in [-0.05, 0) is 56.2 Å². The van der Waals surface area contributed by atoms with Crippen LogP contribution in [0.2, 0.25) is 0 Å². The van der Waals surface area contributed by atoms with Crippen molar-refractivity contribution in [3.63, 3.8) is 0 Å². The van der Waals surface area contributed by atoms with Crippen LogP contribution in [0.5, 0.6) is 5.75 Å². The van der Waals surface area contributed by atoms with Gasteiger partial charge >= 0.3 is 0 Å². The molecule has 3 aliphatic rings. The Labute approximate surface area is 182 Å². The third kappa shape index (κ3) is 3.62. The molecule has 4 unspecified atom stereocenters. The van der Waals surface area contributed by atoms with Crippen LogP contribution in [-0.4, -0.2) is 35.9 Å². The Hall–Kier alpha value is -2.76. The Bertz CT molecular complexity index is 968. The van der Waals surface area contributed by atoms with E-state index in [1.807, 2.05) is 23.1 Å². The summed E-state index contributed by atoms with van der Waals surface area (Å²) in [7, 11) is 1.58. The molecule has 1 aromatic heterocycles.